The summed E-state index contributed by atoms with van der Waals surface area (Å²) in [7, 11) is 1.69. The topological polar surface area (TPSA) is 83.7 Å². The van der Waals surface area contributed by atoms with Crippen molar-refractivity contribution in [1.82, 2.24) is 15.2 Å². The van der Waals surface area contributed by atoms with Crippen molar-refractivity contribution in [2.45, 2.75) is 59.1 Å². The molecule has 1 saturated heterocycles. The molecule has 0 bridgehead atoms. The Morgan fingerprint density at radius 1 is 1.17 bits per heavy atom. The minimum absolute atomic E-state index is 0.111. The van der Waals surface area contributed by atoms with Gasteiger partial charge in [0.2, 0.25) is 0 Å². The van der Waals surface area contributed by atoms with E-state index in [-0.39, 0.29) is 24.1 Å². The standard InChI is InChI=1S/C28H38ClN3O4/c1-17-11-18(2)31-28(34)24(17)14-30-27(33)23-12-22(29)13-25(19(23)3)36-26(16-35-4)21-7-9-32(10-8-21)15-20-5-6-20/h11-13,20-21,26H,5-10,14-16H2,1-4H3,(H,30,33)(H,31,34). The summed E-state index contributed by atoms with van der Waals surface area (Å²) in [5.74, 6) is 1.59. The van der Waals surface area contributed by atoms with E-state index >= 15 is 0 Å². The number of nitrogens with one attached hydrogen (secondary N) is 2. The van der Waals surface area contributed by atoms with Crippen LogP contribution in [0.25, 0.3) is 0 Å². The van der Waals surface area contributed by atoms with Crippen molar-refractivity contribution in [3.8, 4) is 5.75 Å². The summed E-state index contributed by atoms with van der Waals surface area (Å²) in [6, 6.07) is 5.31. The molecule has 36 heavy (non-hydrogen) atoms. The van der Waals surface area contributed by atoms with E-state index in [1.54, 1.807) is 19.2 Å². The fraction of sp³-hybridized carbons (Fsp3) is 0.571. The molecule has 1 amide bonds. The van der Waals surface area contributed by atoms with Crippen LogP contribution in [0.2, 0.25) is 5.02 Å². The van der Waals surface area contributed by atoms with Gasteiger partial charge in [0.15, 0.2) is 0 Å². The average molecular weight is 516 g/mol. The zero-order chi connectivity index (χ0) is 25.8. The number of carbonyl (C=O) groups is 1. The number of likely N-dealkylation sites (tertiary alicyclic amines) is 1. The van der Waals surface area contributed by atoms with Crippen LogP contribution >= 0.6 is 11.6 Å². The molecule has 8 heteroatoms. The van der Waals surface area contributed by atoms with Crippen LogP contribution in [0.15, 0.2) is 23.0 Å². The number of carbonyl (C=O) groups excluding carboxylic acids is 1. The first kappa shape index (κ1) is 26.7. The van der Waals surface area contributed by atoms with Gasteiger partial charge in [-0.15, -0.1) is 0 Å². The fourth-order valence-corrected chi connectivity index (χ4v) is 5.35. The van der Waals surface area contributed by atoms with Gasteiger partial charge in [-0.25, -0.2) is 0 Å². The lowest BCUT2D eigenvalue weighted by molar-refractivity contribution is 0.0172. The van der Waals surface area contributed by atoms with Crippen molar-refractivity contribution in [1.29, 1.82) is 0 Å². The van der Waals surface area contributed by atoms with Gasteiger partial charge in [-0.05, 0) is 89.2 Å². The molecule has 0 spiro atoms. The quantitative estimate of drug-likeness (QED) is 0.490. The highest BCUT2D eigenvalue weighted by atomic mass is 35.5. The summed E-state index contributed by atoms with van der Waals surface area (Å²) in [5, 5.41) is 3.31. The first-order valence-electron chi connectivity index (χ1n) is 12.9. The summed E-state index contributed by atoms with van der Waals surface area (Å²) < 4.78 is 12.0. The highest BCUT2D eigenvalue weighted by molar-refractivity contribution is 6.31. The van der Waals surface area contributed by atoms with E-state index in [0.29, 0.717) is 34.4 Å². The molecule has 1 aliphatic heterocycles. The molecule has 7 nitrogen and oxygen atoms in total. The molecular formula is C28H38ClN3O4. The van der Waals surface area contributed by atoms with Crippen molar-refractivity contribution in [3.63, 3.8) is 0 Å². The summed E-state index contributed by atoms with van der Waals surface area (Å²) in [6.45, 7) is 9.59. The number of aromatic amines is 1. The monoisotopic (exact) mass is 515 g/mol. The third-order valence-electron chi connectivity index (χ3n) is 7.47. The first-order valence-corrected chi connectivity index (χ1v) is 13.3. The van der Waals surface area contributed by atoms with Gasteiger partial charge in [0.1, 0.15) is 11.9 Å². The molecule has 1 unspecified atom stereocenters. The molecule has 1 aromatic heterocycles. The van der Waals surface area contributed by atoms with Crippen LogP contribution in [0.3, 0.4) is 0 Å². The number of halogens is 1. The molecule has 2 aromatic rings. The molecule has 1 saturated carbocycles. The molecular weight excluding hydrogens is 478 g/mol. The maximum Gasteiger partial charge on any atom is 0.253 e. The lowest BCUT2D eigenvalue weighted by Crippen LogP contribution is -2.42. The molecule has 2 heterocycles. The van der Waals surface area contributed by atoms with Crippen LogP contribution < -0.4 is 15.6 Å². The average Bonchev–Trinajstić information content (AvgIpc) is 3.64. The van der Waals surface area contributed by atoms with Crippen molar-refractivity contribution in [2.24, 2.45) is 11.8 Å². The van der Waals surface area contributed by atoms with Gasteiger partial charge < -0.3 is 24.7 Å². The van der Waals surface area contributed by atoms with E-state index in [4.69, 9.17) is 21.1 Å². The Morgan fingerprint density at radius 3 is 2.53 bits per heavy atom. The third kappa shape index (κ3) is 6.69. The second-order valence-electron chi connectivity index (χ2n) is 10.4. The predicted molar refractivity (Wildman–Crippen MR) is 142 cm³/mol. The Labute approximate surface area is 218 Å². The number of pyridine rings is 1. The summed E-state index contributed by atoms with van der Waals surface area (Å²) >= 11 is 6.42. The zero-order valence-corrected chi connectivity index (χ0v) is 22.5. The largest absolute Gasteiger partial charge is 0.487 e. The molecule has 2 fully saturated rings. The van der Waals surface area contributed by atoms with Crippen molar-refractivity contribution in [2.75, 3.05) is 33.4 Å². The lowest BCUT2D eigenvalue weighted by atomic mass is 9.91. The molecule has 1 aliphatic carbocycles. The van der Waals surface area contributed by atoms with Crippen molar-refractivity contribution < 1.29 is 14.3 Å². The molecule has 0 radical (unpaired) electrons. The van der Waals surface area contributed by atoms with Crippen LogP contribution in [0.1, 0.15) is 58.4 Å². The van der Waals surface area contributed by atoms with Gasteiger partial charge in [0.05, 0.1) is 6.61 Å². The second kappa shape index (κ2) is 11.8. The minimum atomic E-state index is -0.295. The van der Waals surface area contributed by atoms with Crippen molar-refractivity contribution in [3.05, 3.63) is 61.5 Å². The van der Waals surface area contributed by atoms with E-state index in [0.717, 1.165) is 48.7 Å². The maximum atomic E-state index is 13.1. The maximum absolute atomic E-state index is 13.1. The number of piperidine rings is 1. The second-order valence-corrected chi connectivity index (χ2v) is 10.8. The van der Waals surface area contributed by atoms with Crippen LogP contribution in [-0.2, 0) is 11.3 Å². The van der Waals surface area contributed by atoms with Crippen LogP contribution in [-0.4, -0.2) is 55.2 Å². The van der Waals surface area contributed by atoms with E-state index in [9.17, 15) is 9.59 Å². The molecule has 1 aromatic carbocycles. The number of hydrogen-bond donors (Lipinski definition) is 2. The number of aromatic nitrogens is 1. The van der Waals surface area contributed by atoms with Gasteiger partial charge in [0, 0.05) is 53.5 Å². The number of nitrogens with zero attached hydrogens (tertiary/aromatic N) is 1. The summed E-state index contributed by atoms with van der Waals surface area (Å²) in [6.07, 6.45) is 4.77. The Bertz CT molecular complexity index is 1140. The van der Waals surface area contributed by atoms with Gasteiger partial charge in [-0.3, -0.25) is 9.59 Å². The van der Waals surface area contributed by atoms with Gasteiger partial charge in [0.25, 0.3) is 11.5 Å². The molecule has 1 atom stereocenters. The van der Waals surface area contributed by atoms with E-state index in [2.05, 4.69) is 15.2 Å². The summed E-state index contributed by atoms with van der Waals surface area (Å²) in [5.41, 5.74) is 3.14. The van der Waals surface area contributed by atoms with E-state index < -0.39 is 0 Å². The smallest absolute Gasteiger partial charge is 0.253 e. The van der Waals surface area contributed by atoms with Gasteiger partial charge >= 0.3 is 0 Å². The number of hydrogen-bond acceptors (Lipinski definition) is 5. The summed E-state index contributed by atoms with van der Waals surface area (Å²) in [4.78, 5) is 30.8. The predicted octanol–water partition coefficient (Wildman–Crippen LogP) is 4.40. The Hall–Kier alpha value is -2.35. The SMILES string of the molecule is COCC(Oc1cc(Cl)cc(C(=O)NCc2c(C)cc(C)[nH]c2=O)c1C)C1CCN(CC2CC2)CC1. The molecule has 4 rings (SSSR count). The third-order valence-corrected chi connectivity index (χ3v) is 7.69. The number of amides is 1. The molecule has 2 aliphatic rings. The highest BCUT2D eigenvalue weighted by Crippen LogP contribution is 2.33. The first-order chi connectivity index (χ1) is 17.2. The number of aryl methyl sites for hydroxylation is 2. The van der Waals surface area contributed by atoms with Gasteiger partial charge in [-0.2, -0.15) is 0 Å². The van der Waals surface area contributed by atoms with E-state index in [1.807, 2.05) is 26.8 Å². The normalized spacial score (nSPS) is 17.7. The number of rotatable bonds is 10. The zero-order valence-electron chi connectivity index (χ0n) is 21.8. The van der Waals surface area contributed by atoms with Crippen LogP contribution in [0, 0.1) is 32.6 Å². The number of benzene rings is 1. The van der Waals surface area contributed by atoms with Crippen LogP contribution in [0.4, 0.5) is 0 Å². The Morgan fingerprint density at radius 2 is 1.89 bits per heavy atom. The van der Waals surface area contributed by atoms with Crippen LogP contribution in [0.5, 0.6) is 5.75 Å². The number of methoxy groups -OCH3 is 1. The minimum Gasteiger partial charge on any atom is -0.487 e. The van der Waals surface area contributed by atoms with E-state index in [1.165, 1.54) is 19.4 Å². The lowest BCUT2D eigenvalue weighted by Gasteiger charge is -2.36. The van der Waals surface area contributed by atoms with Gasteiger partial charge in [-0.1, -0.05) is 11.6 Å². The number of ether oxygens (including phenoxy) is 2. The number of H-pyrrole nitrogens is 1. The highest BCUT2D eigenvalue weighted by Gasteiger charge is 2.31. The molecule has 196 valence electrons. The Kier molecular flexibility index (Phi) is 8.75. The Balaban J connectivity index is 1.45. The fourth-order valence-electron chi connectivity index (χ4n) is 5.14. The molecule has 2 N–H and O–H groups in total. The van der Waals surface area contributed by atoms with Crippen molar-refractivity contribution >= 4 is 17.5 Å².